The van der Waals surface area contributed by atoms with Gasteiger partial charge < -0.3 is 10.1 Å². The summed E-state index contributed by atoms with van der Waals surface area (Å²) >= 11 is 0. The molecule has 0 spiro atoms. The molecule has 1 N–H and O–H groups in total. The summed E-state index contributed by atoms with van der Waals surface area (Å²) in [6.45, 7) is 1.72. The summed E-state index contributed by atoms with van der Waals surface area (Å²) in [5.41, 5.74) is 2.14. The largest absolute Gasteiger partial charge is 0.376 e. The van der Waals surface area contributed by atoms with Crippen molar-refractivity contribution in [2.24, 2.45) is 0 Å². The Kier molecular flexibility index (Phi) is 4.10. The van der Waals surface area contributed by atoms with Crippen LogP contribution in [0.2, 0.25) is 0 Å². The molecule has 0 bridgehead atoms. The van der Waals surface area contributed by atoms with Crippen LogP contribution in [0.4, 0.5) is 5.69 Å². The summed E-state index contributed by atoms with van der Waals surface area (Å²) in [6.07, 6.45) is 3.97. The van der Waals surface area contributed by atoms with E-state index in [-0.39, 0.29) is 12.0 Å². The monoisotopic (exact) mass is 324 g/mol. The first kappa shape index (κ1) is 15.3. The second-order valence-corrected chi connectivity index (χ2v) is 7.68. The third kappa shape index (κ3) is 3.10. The number of amides is 1. The SMILES string of the molecule is CS(=O)(=O)N1CCc2cc(C(=O)NC[C@@H]3CCCO3)ccc21. The summed E-state index contributed by atoms with van der Waals surface area (Å²) in [7, 11) is -3.25. The predicted molar refractivity (Wildman–Crippen MR) is 83.6 cm³/mol. The Balaban J connectivity index is 1.70. The second-order valence-electron chi connectivity index (χ2n) is 5.77. The lowest BCUT2D eigenvalue weighted by molar-refractivity contribution is 0.0857. The molecule has 2 aliphatic heterocycles. The molecule has 22 heavy (non-hydrogen) atoms. The van der Waals surface area contributed by atoms with Gasteiger partial charge in [-0.05, 0) is 43.0 Å². The first-order valence-corrected chi connectivity index (χ1v) is 9.30. The van der Waals surface area contributed by atoms with Crippen LogP contribution in [-0.2, 0) is 21.2 Å². The Morgan fingerprint density at radius 1 is 1.45 bits per heavy atom. The van der Waals surface area contributed by atoms with Crippen molar-refractivity contribution in [2.75, 3.05) is 30.3 Å². The highest BCUT2D eigenvalue weighted by Crippen LogP contribution is 2.30. The molecular weight excluding hydrogens is 304 g/mol. The number of hydrogen-bond acceptors (Lipinski definition) is 4. The van der Waals surface area contributed by atoms with Gasteiger partial charge in [-0.1, -0.05) is 0 Å². The zero-order chi connectivity index (χ0) is 15.7. The summed E-state index contributed by atoms with van der Waals surface area (Å²) in [6, 6.07) is 5.17. The molecule has 1 saturated heterocycles. The predicted octanol–water partition coefficient (Wildman–Crippen LogP) is 0.917. The molecule has 0 radical (unpaired) electrons. The topological polar surface area (TPSA) is 75.7 Å². The number of rotatable bonds is 4. The summed E-state index contributed by atoms with van der Waals surface area (Å²) in [5.74, 6) is -0.142. The normalized spacial score (nSPS) is 21.0. The van der Waals surface area contributed by atoms with Gasteiger partial charge in [0.15, 0.2) is 0 Å². The van der Waals surface area contributed by atoms with Gasteiger partial charge in [-0.2, -0.15) is 0 Å². The number of nitrogens with one attached hydrogen (secondary N) is 1. The van der Waals surface area contributed by atoms with E-state index < -0.39 is 10.0 Å². The molecule has 1 aromatic rings. The molecule has 1 fully saturated rings. The van der Waals surface area contributed by atoms with E-state index in [1.807, 2.05) is 0 Å². The van der Waals surface area contributed by atoms with Crippen molar-refractivity contribution in [1.82, 2.24) is 5.32 Å². The van der Waals surface area contributed by atoms with E-state index in [1.165, 1.54) is 10.6 Å². The highest BCUT2D eigenvalue weighted by molar-refractivity contribution is 7.92. The molecular formula is C15H20N2O4S. The Morgan fingerprint density at radius 2 is 2.27 bits per heavy atom. The quantitative estimate of drug-likeness (QED) is 0.893. The summed E-state index contributed by atoms with van der Waals surface area (Å²) in [5, 5.41) is 2.88. The number of carbonyl (C=O) groups is 1. The minimum Gasteiger partial charge on any atom is -0.376 e. The molecule has 2 aliphatic rings. The zero-order valence-electron chi connectivity index (χ0n) is 12.5. The Morgan fingerprint density at radius 3 is 2.95 bits per heavy atom. The number of nitrogens with zero attached hydrogens (tertiary/aromatic N) is 1. The Hall–Kier alpha value is -1.60. The van der Waals surface area contributed by atoms with E-state index in [1.54, 1.807) is 18.2 Å². The first-order valence-electron chi connectivity index (χ1n) is 7.45. The number of anilines is 1. The lowest BCUT2D eigenvalue weighted by atomic mass is 10.1. The van der Waals surface area contributed by atoms with Gasteiger partial charge >= 0.3 is 0 Å². The third-order valence-electron chi connectivity index (χ3n) is 4.11. The van der Waals surface area contributed by atoms with Crippen molar-refractivity contribution in [3.8, 4) is 0 Å². The number of sulfonamides is 1. The molecule has 120 valence electrons. The smallest absolute Gasteiger partial charge is 0.251 e. The van der Waals surface area contributed by atoms with Gasteiger partial charge in [0.2, 0.25) is 10.0 Å². The van der Waals surface area contributed by atoms with Crippen LogP contribution in [0, 0.1) is 0 Å². The lowest BCUT2D eigenvalue weighted by Crippen LogP contribution is -2.31. The first-order chi connectivity index (χ1) is 10.4. The van der Waals surface area contributed by atoms with Gasteiger partial charge in [0, 0.05) is 25.3 Å². The van der Waals surface area contributed by atoms with Gasteiger partial charge in [-0.15, -0.1) is 0 Å². The van der Waals surface area contributed by atoms with Crippen LogP contribution in [0.1, 0.15) is 28.8 Å². The van der Waals surface area contributed by atoms with Gasteiger partial charge in [0.25, 0.3) is 5.91 Å². The molecule has 1 amide bonds. The second kappa shape index (κ2) is 5.89. The summed E-state index contributed by atoms with van der Waals surface area (Å²) in [4.78, 5) is 12.2. The molecule has 0 unspecified atom stereocenters. The average Bonchev–Trinajstić information content (AvgIpc) is 3.12. The van der Waals surface area contributed by atoms with E-state index in [0.29, 0.717) is 30.8 Å². The van der Waals surface area contributed by atoms with Crippen LogP contribution >= 0.6 is 0 Å². The highest BCUT2D eigenvalue weighted by Gasteiger charge is 2.26. The molecule has 0 aromatic heterocycles. The van der Waals surface area contributed by atoms with E-state index in [9.17, 15) is 13.2 Å². The zero-order valence-corrected chi connectivity index (χ0v) is 13.4. The van der Waals surface area contributed by atoms with Crippen molar-refractivity contribution >= 4 is 21.6 Å². The number of fused-ring (bicyclic) bond motifs is 1. The minimum absolute atomic E-state index is 0.110. The summed E-state index contributed by atoms with van der Waals surface area (Å²) < 4.78 is 30.3. The lowest BCUT2D eigenvalue weighted by Gasteiger charge is -2.16. The van der Waals surface area contributed by atoms with Crippen molar-refractivity contribution in [2.45, 2.75) is 25.4 Å². The fraction of sp³-hybridized carbons (Fsp3) is 0.533. The van der Waals surface area contributed by atoms with Crippen LogP contribution in [0.25, 0.3) is 0 Å². The van der Waals surface area contributed by atoms with Crippen molar-refractivity contribution in [3.05, 3.63) is 29.3 Å². The third-order valence-corrected chi connectivity index (χ3v) is 5.29. The average molecular weight is 324 g/mol. The van der Waals surface area contributed by atoms with Crippen molar-refractivity contribution in [3.63, 3.8) is 0 Å². The van der Waals surface area contributed by atoms with Crippen molar-refractivity contribution < 1.29 is 17.9 Å². The van der Waals surface area contributed by atoms with Crippen LogP contribution in [0.3, 0.4) is 0 Å². The maximum absolute atomic E-state index is 12.2. The van der Waals surface area contributed by atoms with Gasteiger partial charge in [-0.3, -0.25) is 9.10 Å². The fourth-order valence-electron chi connectivity index (χ4n) is 2.97. The molecule has 1 aromatic carbocycles. The molecule has 1 atom stereocenters. The van der Waals surface area contributed by atoms with E-state index >= 15 is 0 Å². The molecule has 0 aliphatic carbocycles. The molecule has 0 saturated carbocycles. The number of carbonyl (C=O) groups excluding carboxylic acids is 1. The fourth-order valence-corrected chi connectivity index (χ4v) is 3.93. The van der Waals surface area contributed by atoms with Crippen LogP contribution in [-0.4, -0.2) is 46.4 Å². The van der Waals surface area contributed by atoms with Gasteiger partial charge in [0.05, 0.1) is 18.0 Å². The van der Waals surface area contributed by atoms with E-state index in [0.717, 1.165) is 25.0 Å². The minimum atomic E-state index is -3.25. The maximum Gasteiger partial charge on any atom is 0.251 e. The molecule has 3 rings (SSSR count). The number of hydrogen-bond donors (Lipinski definition) is 1. The van der Waals surface area contributed by atoms with Crippen LogP contribution < -0.4 is 9.62 Å². The van der Waals surface area contributed by atoms with Gasteiger partial charge in [-0.25, -0.2) is 8.42 Å². The van der Waals surface area contributed by atoms with Gasteiger partial charge in [0.1, 0.15) is 0 Å². The van der Waals surface area contributed by atoms with Crippen LogP contribution in [0.5, 0.6) is 0 Å². The standard InChI is InChI=1S/C15H20N2O4S/c1-22(19,20)17-7-6-11-9-12(4-5-14(11)17)15(18)16-10-13-3-2-8-21-13/h4-5,9,13H,2-3,6-8,10H2,1H3,(H,16,18)/t13-/m0/s1. The van der Waals surface area contributed by atoms with E-state index in [2.05, 4.69) is 5.32 Å². The number of ether oxygens (including phenoxy) is 1. The van der Waals surface area contributed by atoms with Crippen molar-refractivity contribution in [1.29, 1.82) is 0 Å². The molecule has 6 nitrogen and oxygen atoms in total. The van der Waals surface area contributed by atoms with Crippen LogP contribution in [0.15, 0.2) is 18.2 Å². The molecule has 7 heteroatoms. The number of benzene rings is 1. The highest BCUT2D eigenvalue weighted by atomic mass is 32.2. The van der Waals surface area contributed by atoms with E-state index in [4.69, 9.17) is 4.74 Å². The maximum atomic E-state index is 12.2. The molecule has 2 heterocycles. The Bertz CT molecular complexity index is 681. The Labute approximate surface area is 130 Å².